The van der Waals surface area contributed by atoms with E-state index in [1.165, 1.54) is 5.56 Å². The molecular formula is C14H20N2O2. The van der Waals surface area contributed by atoms with E-state index in [1.807, 2.05) is 19.1 Å². The molecule has 1 rings (SSSR count). The van der Waals surface area contributed by atoms with Crippen LogP contribution in [-0.4, -0.2) is 18.4 Å². The van der Waals surface area contributed by atoms with Crippen molar-refractivity contribution in [3.63, 3.8) is 0 Å². The number of hydrogen-bond acceptors (Lipinski definition) is 2. The molecule has 0 saturated carbocycles. The summed E-state index contributed by atoms with van der Waals surface area (Å²) in [5.41, 5.74) is 1.83. The minimum atomic E-state index is -0.624. The normalized spacial score (nSPS) is 10.2. The SMILES string of the molecule is CCCNC(=O)C(=O)Nc1ccc(C(C)C)cc1. The molecule has 0 bridgehead atoms. The van der Waals surface area contributed by atoms with Crippen LogP contribution < -0.4 is 10.6 Å². The largest absolute Gasteiger partial charge is 0.348 e. The summed E-state index contributed by atoms with van der Waals surface area (Å²) in [7, 11) is 0. The van der Waals surface area contributed by atoms with Crippen LogP contribution in [0.15, 0.2) is 24.3 Å². The Morgan fingerprint density at radius 3 is 2.22 bits per heavy atom. The molecule has 4 nitrogen and oxygen atoms in total. The molecule has 18 heavy (non-hydrogen) atoms. The first kappa shape index (κ1) is 14.2. The first-order valence-electron chi connectivity index (χ1n) is 6.23. The zero-order valence-corrected chi connectivity index (χ0v) is 11.1. The highest BCUT2D eigenvalue weighted by Crippen LogP contribution is 2.16. The van der Waals surface area contributed by atoms with Crippen LogP contribution in [0.1, 0.15) is 38.7 Å². The molecule has 0 aromatic heterocycles. The molecule has 0 aliphatic heterocycles. The molecule has 4 heteroatoms. The summed E-state index contributed by atoms with van der Waals surface area (Å²) in [6.45, 7) is 6.65. The van der Waals surface area contributed by atoms with Gasteiger partial charge in [0.25, 0.3) is 0 Å². The maximum Gasteiger partial charge on any atom is 0.313 e. The molecule has 0 heterocycles. The average molecular weight is 248 g/mol. The van der Waals surface area contributed by atoms with Gasteiger partial charge in [0.2, 0.25) is 0 Å². The van der Waals surface area contributed by atoms with Crippen molar-refractivity contribution >= 4 is 17.5 Å². The topological polar surface area (TPSA) is 58.2 Å². The van der Waals surface area contributed by atoms with Gasteiger partial charge in [0, 0.05) is 12.2 Å². The highest BCUT2D eigenvalue weighted by Gasteiger charge is 2.12. The van der Waals surface area contributed by atoms with Gasteiger partial charge < -0.3 is 10.6 Å². The van der Waals surface area contributed by atoms with E-state index in [-0.39, 0.29) is 0 Å². The fourth-order valence-electron chi connectivity index (χ4n) is 1.46. The van der Waals surface area contributed by atoms with Gasteiger partial charge >= 0.3 is 11.8 Å². The van der Waals surface area contributed by atoms with Crippen molar-refractivity contribution in [2.45, 2.75) is 33.1 Å². The Balaban J connectivity index is 2.56. The summed E-state index contributed by atoms with van der Waals surface area (Å²) in [5, 5.41) is 5.10. The molecule has 0 unspecified atom stereocenters. The van der Waals surface area contributed by atoms with Crippen LogP contribution in [0.2, 0.25) is 0 Å². The lowest BCUT2D eigenvalue weighted by Crippen LogP contribution is -2.35. The molecule has 0 spiro atoms. The van der Waals surface area contributed by atoms with Gasteiger partial charge in [-0.25, -0.2) is 0 Å². The molecule has 98 valence electrons. The van der Waals surface area contributed by atoms with Crippen molar-refractivity contribution in [2.75, 3.05) is 11.9 Å². The first-order valence-corrected chi connectivity index (χ1v) is 6.23. The Hall–Kier alpha value is -1.84. The summed E-state index contributed by atoms with van der Waals surface area (Å²) in [4.78, 5) is 22.9. The van der Waals surface area contributed by atoms with Crippen LogP contribution >= 0.6 is 0 Å². The van der Waals surface area contributed by atoms with Crippen LogP contribution in [0.4, 0.5) is 5.69 Å². The van der Waals surface area contributed by atoms with Crippen molar-refractivity contribution in [3.05, 3.63) is 29.8 Å². The Morgan fingerprint density at radius 1 is 1.11 bits per heavy atom. The van der Waals surface area contributed by atoms with E-state index >= 15 is 0 Å². The van der Waals surface area contributed by atoms with Gasteiger partial charge in [-0.3, -0.25) is 9.59 Å². The van der Waals surface area contributed by atoms with Crippen molar-refractivity contribution in [2.24, 2.45) is 0 Å². The molecule has 0 radical (unpaired) electrons. The maximum atomic E-state index is 11.5. The predicted molar refractivity (Wildman–Crippen MR) is 72.5 cm³/mol. The fourth-order valence-corrected chi connectivity index (χ4v) is 1.46. The van der Waals surface area contributed by atoms with E-state index in [2.05, 4.69) is 24.5 Å². The Labute approximate surface area is 108 Å². The molecule has 0 aliphatic carbocycles. The summed E-state index contributed by atoms with van der Waals surface area (Å²) < 4.78 is 0. The van der Waals surface area contributed by atoms with Gasteiger partial charge in [-0.05, 0) is 30.0 Å². The standard InChI is InChI=1S/C14H20N2O2/c1-4-9-15-13(17)14(18)16-12-7-5-11(6-8-12)10(2)3/h5-8,10H,4,9H2,1-3H3,(H,15,17)(H,16,18). The Kier molecular flexibility index (Phi) is 5.36. The van der Waals surface area contributed by atoms with Gasteiger partial charge in [-0.15, -0.1) is 0 Å². The van der Waals surface area contributed by atoms with Crippen molar-refractivity contribution in [3.8, 4) is 0 Å². The van der Waals surface area contributed by atoms with Crippen LogP contribution in [0.3, 0.4) is 0 Å². The molecule has 0 atom stereocenters. The highest BCUT2D eigenvalue weighted by molar-refractivity contribution is 6.39. The Bertz CT molecular complexity index is 410. The number of amides is 2. The second-order valence-electron chi connectivity index (χ2n) is 4.49. The van der Waals surface area contributed by atoms with Crippen LogP contribution in [0, 0.1) is 0 Å². The predicted octanol–water partition coefficient (Wildman–Crippen LogP) is 2.27. The molecule has 1 aromatic carbocycles. The van der Waals surface area contributed by atoms with Crippen LogP contribution in [-0.2, 0) is 9.59 Å². The van der Waals surface area contributed by atoms with Crippen molar-refractivity contribution < 1.29 is 9.59 Å². The van der Waals surface area contributed by atoms with Gasteiger partial charge in [-0.2, -0.15) is 0 Å². The van der Waals surface area contributed by atoms with E-state index < -0.39 is 11.8 Å². The van der Waals surface area contributed by atoms with E-state index in [9.17, 15) is 9.59 Å². The zero-order chi connectivity index (χ0) is 13.5. The number of benzene rings is 1. The summed E-state index contributed by atoms with van der Waals surface area (Å²) in [6, 6.07) is 7.51. The lowest BCUT2D eigenvalue weighted by atomic mass is 10.0. The lowest BCUT2D eigenvalue weighted by Gasteiger charge is -2.08. The molecular weight excluding hydrogens is 228 g/mol. The molecule has 0 aliphatic rings. The van der Waals surface area contributed by atoms with Crippen LogP contribution in [0.25, 0.3) is 0 Å². The minimum absolute atomic E-state index is 0.447. The fraction of sp³-hybridized carbons (Fsp3) is 0.429. The quantitative estimate of drug-likeness (QED) is 0.803. The lowest BCUT2D eigenvalue weighted by molar-refractivity contribution is -0.136. The summed E-state index contributed by atoms with van der Waals surface area (Å²) in [6.07, 6.45) is 0.808. The van der Waals surface area contributed by atoms with Gasteiger partial charge in [-0.1, -0.05) is 32.9 Å². The maximum absolute atomic E-state index is 11.5. The molecule has 0 saturated heterocycles. The van der Waals surface area contributed by atoms with E-state index in [0.29, 0.717) is 18.2 Å². The number of carbonyl (C=O) groups excluding carboxylic acids is 2. The number of rotatable bonds is 4. The van der Waals surface area contributed by atoms with E-state index in [1.54, 1.807) is 12.1 Å². The molecule has 2 N–H and O–H groups in total. The van der Waals surface area contributed by atoms with Gasteiger partial charge in [0.15, 0.2) is 0 Å². The smallest absolute Gasteiger partial charge is 0.313 e. The first-order chi connectivity index (χ1) is 8.54. The summed E-state index contributed by atoms with van der Waals surface area (Å²) in [5.74, 6) is -0.770. The number of nitrogens with one attached hydrogen (secondary N) is 2. The molecule has 1 aromatic rings. The summed E-state index contributed by atoms with van der Waals surface area (Å²) >= 11 is 0. The second kappa shape index (κ2) is 6.79. The van der Waals surface area contributed by atoms with Crippen LogP contribution in [0.5, 0.6) is 0 Å². The van der Waals surface area contributed by atoms with Gasteiger partial charge in [0.1, 0.15) is 0 Å². The van der Waals surface area contributed by atoms with Crippen molar-refractivity contribution in [1.29, 1.82) is 0 Å². The average Bonchev–Trinajstić information content (AvgIpc) is 2.36. The minimum Gasteiger partial charge on any atom is -0.348 e. The third kappa shape index (κ3) is 4.20. The van der Waals surface area contributed by atoms with E-state index in [4.69, 9.17) is 0 Å². The molecule has 2 amide bonds. The second-order valence-corrected chi connectivity index (χ2v) is 4.49. The number of carbonyl (C=O) groups is 2. The third-order valence-corrected chi connectivity index (χ3v) is 2.58. The number of anilines is 1. The molecule has 0 fully saturated rings. The number of hydrogen-bond donors (Lipinski definition) is 2. The van der Waals surface area contributed by atoms with Gasteiger partial charge in [0.05, 0.1) is 0 Å². The Morgan fingerprint density at radius 2 is 1.72 bits per heavy atom. The van der Waals surface area contributed by atoms with Crippen molar-refractivity contribution in [1.82, 2.24) is 5.32 Å². The van der Waals surface area contributed by atoms with E-state index in [0.717, 1.165) is 6.42 Å². The monoisotopic (exact) mass is 248 g/mol. The zero-order valence-electron chi connectivity index (χ0n) is 11.1. The third-order valence-electron chi connectivity index (χ3n) is 2.58. The highest BCUT2D eigenvalue weighted by atomic mass is 16.2.